The highest BCUT2D eigenvalue weighted by Gasteiger charge is 2.29. The van der Waals surface area contributed by atoms with Crippen LogP contribution in [0, 0.1) is 0 Å². The van der Waals surface area contributed by atoms with Gasteiger partial charge in [0, 0.05) is 51.0 Å². The Morgan fingerprint density at radius 3 is 2.86 bits per heavy atom. The van der Waals surface area contributed by atoms with Crippen molar-refractivity contribution in [1.82, 2.24) is 19.8 Å². The Morgan fingerprint density at radius 1 is 1.25 bits per heavy atom. The number of hydrogen-bond acceptors (Lipinski definition) is 4. The van der Waals surface area contributed by atoms with Crippen LogP contribution in [0.3, 0.4) is 0 Å². The molecule has 6 heteroatoms. The second-order valence-corrected chi connectivity index (χ2v) is 7.22. The normalized spacial score (nSPS) is 17.7. The number of aromatic nitrogens is 2. The number of piperazine rings is 1. The molecule has 1 N–H and O–H groups in total. The number of nitrogens with zero attached hydrogens (tertiary/aromatic N) is 4. The minimum atomic E-state index is 0.101. The Hall–Kier alpha value is -2.70. The maximum Gasteiger partial charge on any atom is 0.241 e. The van der Waals surface area contributed by atoms with Crippen molar-refractivity contribution in [2.75, 3.05) is 37.6 Å². The number of fused-ring (bicyclic) bond motifs is 1. The summed E-state index contributed by atoms with van der Waals surface area (Å²) in [6.45, 7) is 5.58. The van der Waals surface area contributed by atoms with Crippen LogP contribution in [0.25, 0.3) is 10.8 Å². The lowest BCUT2D eigenvalue weighted by Gasteiger charge is -2.36. The van der Waals surface area contributed by atoms with E-state index in [0.717, 1.165) is 41.9 Å². The summed E-state index contributed by atoms with van der Waals surface area (Å²) in [4.78, 5) is 22.0. The molecule has 0 spiro atoms. The fraction of sp³-hybridized carbons (Fsp3) is 0.364. The topological polar surface area (TPSA) is 53.4 Å². The predicted molar refractivity (Wildman–Crippen MR) is 112 cm³/mol. The van der Waals surface area contributed by atoms with E-state index in [-0.39, 0.29) is 11.9 Å². The second-order valence-electron chi connectivity index (χ2n) is 7.22. The van der Waals surface area contributed by atoms with Crippen LogP contribution in [-0.4, -0.2) is 53.1 Å². The van der Waals surface area contributed by atoms with Crippen molar-refractivity contribution < 1.29 is 4.79 Å². The molecule has 0 radical (unpaired) electrons. The number of rotatable bonds is 5. The third-order valence-corrected chi connectivity index (χ3v) is 5.52. The molecule has 2 heterocycles. The van der Waals surface area contributed by atoms with Gasteiger partial charge in [-0.2, -0.15) is 0 Å². The third-order valence-electron chi connectivity index (χ3n) is 5.52. The smallest absolute Gasteiger partial charge is 0.241 e. The zero-order chi connectivity index (χ0) is 19.5. The van der Waals surface area contributed by atoms with E-state index in [9.17, 15) is 4.79 Å². The van der Waals surface area contributed by atoms with Crippen molar-refractivity contribution in [1.29, 1.82) is 0 Å². The van der Waals surface area contributed by atoms with Gasteiger partial charge in [0.1, 0.15) is 5.82 Å². The summed E-state index contributed by atoms with van der Waals surface area (Å²) in [5.41, 5.74) is 0.981. The van der Waals surface area contributed by atoms with Gasteiger partial charge in [-0.25, -0.2) is 4.98 Å². The summed E-state index contributed by atoms with van der Waals surface area (Å²) in [5, 5.41) is 5.70. The number of imidazole rings is 1. The fourth-order valence-electron chi connectivity index (χ4n) is 4.07. The van der Waals surface area contributed by atoms with E-state index in [0.29, 0.717) is 13.1 Å². The van der Waals surface area contributed by atoms with Crippen molar-refractivity contribution in [2.45, 2.75) is 13.0 Å². The minimum Gasteiger partial charge on any atom is -0.337 e. The number of carbonyl (C=O) groups excluding carboxylic acids is 1. The van der Waals surface area contributed by atoms with E-state index in [1.165, 1.54) is 0 Å². The molecule has 0 saturated carbocycles. The second kappa shape index (κ2) is 8.12. The van der Waals surface area contributed by atoms with Gasteiger partial charge in [-0.3, -0.25) is 9.69 Å². The number of anilines is 1. The van der Waals surface area contributed by atoms with Gasteiger partial charge < -0.3 is 14.8 Å². The molecule has 28 heavy (non-hydrogen) atoms. The van der Waals surface area contributed by atoms with Crippen LogP contribution in [0.15, 0.2) is 54.9 Å². The highest BCUT2D eigenvalue weighted by molar-refractivity contribution is 6.04. The van der Waals surface area contributed by atoms with Gasteiger partial charge in [0.05, 0.1) is 18.3 Å². The molecule has 1 amide bonds. The SMILES string of the molecule is CCN(C(=O)CN1CCNCC1c1nccn1C)c1cccc2ccccc12. The molecule has 4 rings (SSSR count). The third kappa shape index (κ3) is 3.53. The number of benzene rings is 2. The Balaban J connectivity index is 1.59. The quantitative estimate of drug-likeness (QED) is 0.743. The summed E-state index contributed by atoms with van der Waals surface area (Å²) in [5.74, 6) is 1.12. The highest BCUT2D eigenvalue weighted by Crippen LogP contribution is 2.27. The van der Waals surface area contributed by atoms with Gasteiger partial charge in [0.15, 0.2) is 0 Å². The predicted octanol–water partition coefficient (Wildman–Crippen LogP) is 2.57. The van der Waals surface area contributed by atoms with Gasteiger partial charge in [0.2, 0.25) is 5.91 Å². The van der Waals surface area contributed by atoms with E-state index < -0.39 is 0 Å². The lowest BCUT2D eigenvalue weighted by molar-refractivity contribution is -0.120. The summed E-state index contributed by atoms with van der Waals surface area (Å²) >= 11 is 0. The number of hydrogen-bond donors (Lipinski definition) is 1. The van der Waals surface area contributed by atoms with Crippen molar-refractivity contribution in [3.05, 3.63) is 60.7 Å². The van der Waals surface area contributed by atoms with Gasteiger partial charge in [0.25, 0.3) is 0 Å². The summed E-state index contributed by atoms with van der Waals surface area (Å²) < 4.78 is 2.04. The fourth-order valence-corrected chi connectivity index (χ4v) is 4.07. The number of amides is 1. The van der Waals surface area contributed by atoms with Gasteiger partial charge in [-0.1, -0.05) is 36.4 Å². The molecule has 1 aliphatic rings. The Bertz CT molecular complexity index is 961. The zero-order valence-electron chi connectivity index (χ0n) is 16.5. The van der Waals surface area contributed by atoms with Gasteiger partial charge in [-0.05, 0) is 18.4 Å². The molecule has 1 unspecified atom stereocenters. The summed E-state index contributed by atoms with van der Waals surface area (Å²) in [6.07, 6.45) is 3.77. The molecule has 1 fully saturated rings. The average molecular weight is 377 g/mol. The number of aryl methyl sites for hydroxylation is 1. The first-order chi connectivity index (χ1) is 13.7. The maximum absolute atomic E-state index is 13.3. The van der Waals surface area contributed by atoms with E-state index >= 15 is 0 Å². The average Bonchev–Trinajstić information content (AvgIpc) is 3.15. The van der Waals surface area contributed by atoms with Crippen LogP contribution in [-0.2, 0) is 11.8 Å². The highest BCUT2D eigenvalue weighted by atomic mass is 16.2. The van der Waals surface area contributed by atoms with Crippen molar-refractivity contribution >= 4 is 22.4 Å². The molecule has 2 aromatic carbocycles. The molecule has 1 saturated heterocycles. The lowest BCUT2D eigenvalue weighted by Crippen LogP contribution is -2.50. The van der Waals surface area contributed by atoms with E-state index in [1.54, 1.807) is 0 Å². The molecule has 146 valence electrons. The van der Waals surface area contributed by atoms with Crippen LogP contribution < -0.4 is 10.2 Å². The first kappa shape index (κ1) is 18.7. The van der Waals surface area contributed by atoms with Gasteiger partial charge >= 0.3 is 0 Å². The van der Waals surface area contributed by atoms with Crippen LogP contribution >= 0.6 is 0 Å². The molecular weight excluding hydrogens is 350 g/mol. The number of nitrogens with one attached hydrogen (secondary N) is 1. The molecule has 1 aromatic heterocycles. The molecule has 0 bridgehead atoms. The monoisotopic (exact) mass is 377 g/mol. The largest absolute Gasteiger partial charge is 0.337 e. The first-order valence-corrected chi connectivity index (χ1v) is 9.89. The van der Waals surface area contributed by atoms with Crippen molar-refractivity contribution in [2.24, 2.45) is 7.05 Å². The number of likely N-dealkylation sites (N-methyl/N-ethyl adjacent to an activating group) is 1. The number of carbonyl (C=O) groups is 1. The molecular formula is C22H27N5O. The Labute approximate surface area is 165 Å². The van der Waals surface area contributed by atoms with E-state index in [2.05, 4.69) is 33.4 Å². The molecule has 1 aliphatic heterocycles. The lowest BCUT2D eigenvalue weighted by atomic mass is 10.1. The molecule has 3 aromatic rings. The van der Waals surface area contributed by atoms with E-state index in [1.807, 2.05) is 60.1 Å². The molecule has 6 nitrogen and oxygen atoms in total. The molecule has 0 aliphatic carbocycles. The van der Waals surface area contributed by atoms with Gasteiger partial charge in [-0.15, -0.1) is 0 Å². The van der Waals surface area contributed by atoms with Crippen LogP contribution in [0.4, 0.5) is 5.69 Å². The van der Waals surface area contributed by atoms with Crippen LogP contribution in [0.1, 0.15) is 18.8 Å². The Morgan fingerprint density at radius 2 is 2.07 bits per heavy atom. The van der Waals surface area contributed by atoms with Crippen LogP contribution in [0.2, 0.25) is 0 Å². The first-order valence-electron chi connectivity index (χ1n) is 9.89. The zero-order valence-corrected chi connectivity index (χ0v) is 16.5. The summed E-state index contributed by atoms with van der Waals surface area (Å²) in [7, 11) is 2.01. The van der Waals surface area contributed by atoms with Crippen LogP contribution in [0.5, 0.6) is 0 Å². The van der Waals surface area contributed by atoms with E-state index in [4.69, 9.17) is 0 Å². The molecule has 1 atom stereocenters. The van der Waals surface area contributed by atoms with Crippen molar-refractivity contribution in [3.63, 3.8) is 0 Å². The standard InChI is InChI=1S/C22H27N5O/c1-3-27(19-10-6-8-17-7-4-5-9-18(17)19)21(28)16-26-14-11-23-15-20(26)22-24-12-13-25(22)2/h4-10,12-13,20,23H,3,11,14-16H2,1-2H3. The minimum absolute atomic E-state index is 0.101. The van der Waals surface area contributed by atoms with Crippen molar-refractivity contribution in [3.8, 4) is 0 Å². The Kier molecular flexibility index (Phi) is 5.41. The maximum atomic E-state index is 13.3. The summed E-state index contributed by atoms with van der Waals surface area (Å²) in [6, 6.07) is 14.5.